The molecule has 0 fully saturated rings. The third-order valence-corrected chi connectivity index (χ3v) is 4.19. The van der Waals surface area contributed by atoms with Crippen LogP contribution in [0.3, 0.4) is 0 Å². The third kappa shape index (κ3) is 3.89. The molecular weight excluding hydrogens is 345 g/mol. The van der Waals surface area contributed by atoms with Crippen LogP contribution in [0, 0.1) is 0 Å². The number of hydrogen-bond acceptors (Lipinski definition) is 3. The van der Waals surface area contributed by atoms with Crippen molar-refractivity contribution in [2.24, 2.45) is 0 Å². The maximum atomic E-state index is 12.7. The fourth-order valence-corrected chi connectivity index (χ4v) is 3.07. The third-order valence-electron chi connectivity index (χ3n) is 3.10. The average molecular weight is 355 g/mol. The Labute approximate surface area is 139 Å². The topological polar surface area (TPSA) is 25.8 Å². The molecule has 1 aromatic carbocycles. The molecule has 3 rings (SSSR count). The lowest BCUT2D eigenvalue weighted by molar-refractivity contribution is -0.141. The molecule has 118 valence electrons. The highest BCUT2D eigenvalue weighted by atomic mass is 35.5. The number of aromatic nitrogens is 2. The minimum absolute atomic E-state index is 0.259. The summed E-state index contributed by atoms with van der Waals surface area (Å²) in [5.74, 6) is 0. The lowest BCUT2D eigenvalue weighted by atomic mass is 10.2. The van der Waals surface area contributed by atoms with Gasteiger partial charge >= 0.3 is 6.18 Å². The number of rotatable bonds is 3. The van der Waals surface area contributed by atoms with Crippen molar-refractivity contribution >= 4 is 22.9 Å². The van der Waals surface area contributed by atoms with Crippen molar-refractivity contribution in [2.45, 2.75) is 12.6 Å². The zero-order valence-electron chi connectivity index (χ0n) is 11.6. The van der Waals surface area contributed by atoms with E-state index < -0.39 is 11.9 Å². The van der Waals surface area contributed by atoms with Gasteiger partial charge < -0.3 is 0 Å². The summed E-state index contributed by atoms with van der Waals surface area (Å²) < 4.78 is 38.0. The summed E-state index contributed by atoms with van der Waals surface area (Å²) >= 11 is 7.33. The monoisotopic (exact) mass is 354 g/mol. The zero-order valence-corrected chi connectivity index (χ0v) is 13.2. The van der Waals surface area contributed by atoms with Gasteiger partial charge in [-0.1, -0.05) is 29.8 Å². The predicted octanol–water partition coefficient (Wildman–Crippen LogP) is 5.47. The standard InChI is InChI=1S/C16H10ClF3N2S/c17-11-4-1-3-10(7-11)13-9-23-15(22-13)8-12-5-2-6-14(21-12)16(18,19)20/h1-7,9H,8H2. The lowest BCUT2D eigenvalue weighted by Crippen LogP contribution is -2.09. The molecule has 3 aromatic rings. The molecule has 0 N–H and O–H groups in total. The van der Waals surface area contributed by atoms with Gasteiger partial charge in [-0.2, -0.15) is 13.2 Å². The van der Waals surface area contributed by atoms with E-state index in [9.17, 15) is 13.2 Å². The van der Waals surface area contributed by atoms with Crippen molar-refractivity contribution in [2.75, 3.05) is 0 Å². The SMILES string of the molecule is FC(F)(F)c1cccc(Cc2nc(-c3cccc(Cl)c3)cs2)n1. The Morgan fingerprint density at radius 2 is 1.83 bits per heavy atom. The maximum absolute atomic E-state index is 12.7. The van der Waals surface area contributed by atoms with Crippen LogP contribution in [-0.4, -0.2) is 9.97 Å². The number of benzene rings is 1. The van der Waals surface area contributed by atoms with Gasteiger partial charge in [0.05, 0.1) is 10.7 Å². The van der Waals surface area contributed by atoms with E-state index in [0.29, 0.717) is 15.7 Å². The van der Waals surface area contributed by atoms with E-state index in [1.807, 2.05) is 17.5 Å². The van der Waals surface area contributed by atoms with Gasteiger partial charge in [-0.25, -0.2) is 9.97 Å². The van der Waals surface area contributed by atoms with Crippen LogP contribution in [0.15, 0.2) is 47.8 Å². The van der Waals surface area contributed by atoms with Crippen molar-refractivity contribution in [3.63, 3.8) is 0 Å². The second-order valence-corrected chi connectivity index (χ2v) is 6.20. The van der Waals surface area contributed by atoms with E-state index in [0.717, 1.165) is 17.3 Å². The normalized spacial score (nSPS) is 11.7. The van der Waals surface area contributed by atoms with Crippen LogP contribution in [0.4, 0.5) is 13.2 Å². The molecule has 0 unspecified atom stereocenters. The summed E-state index contributed by atoms with van der Waals surface area (Å²) in [5, 5.41) is 3.16. The summed E-state index contributed by atoms with van der Waals surface area (Å²) in [5.41, 5.74) is 1.07. The summed E-state index contributed by atoms with van der Waals surface area (Å²) in [6.45, 7) is 0. The van der Waals surface area contributed by atoms with E-state index in [-0.39, 0.29) is 6.42 Å². The molecule has 0 aliphatic carbocycles. The Morgan fingerprint density at radius 3 is 2.57 bits per heavy atom. The molecule has 0 saturated heterocycles. The van der Waals surface area contributed by atoms with Crippen molar-refractivity contribution in [1.29, 1.82) is 0 Å². The first-order chi connectivity index (χ1) is 10.9. The predicted molar refractivity (Wildman–Crippen MR) is 84.6 cm³/mol. The summed E-state index contributed by atoms with van der Waals surface area (Å²) in [4.78, 5) is 8.10. The molecule has 0 atom stereocenters. The molecule has 23 heavy (non-hydrogen) atoms. The molecule has 0 amide bonds. The fourth-order valence-electron chi connectivity index (χ4n) is 2.06. The van der Waals surface area contributed by atoms with Crippen molar-refractivity contribution in [1.82, 2.24) is 9.97 Å². The summed E-state index contributed by atoms with van der Waals surface area (Å²) in [6, 6.07) is 11.2. The molecule has 7 heteroatoms. The van der Waals surface area contributed by atoms with Crippen LogP contribution in [0.2, 0.25) is 5.02 Å². The summed E-state index contributed by atoms with van der Waals surface area (Å²) in [6.07, 6.45) is -4.18. The Kier molecular flexibility index (Phi) is 4.37. The summed E-state index contributed by atoms with van der Waals surface area (Å²) in [7, 11) is 0. The quantitative estimate of drug-likeness (QED) is 0.623. The number of hydrogen-bond donors (Lipinski definition) is 0. The van der Waals surface area contributed by atoms with Gasteiger partial charge in [0.15, 0.2) is 0 Å². The Balaban J connectivity index is 1.82. The van der Waals surface area contributed by atoms with Gasteiger partial charge in [0.2, 0.25) is 0 Å². The molecule has 2 nitrogen and oxygen atoms in total. The van der Waals surface area contributed by atoms with Gasteiger partial charge in [0.25, 0.3) is 0 Å². The number of halogens is 4. The van der Waals surface area contributed by atoms with E-state index in [1.165, 1.54) is 17.4 Å². The number of alkyl halides is 3. The molecule has 0 aliphatic rings. The van der Waals surface area contributed by atoms with Gasteiger partial charge in [0.1, 0.15) is 5.69 Å². The Bertz CT molecular complexity index is 830. The van der Waals surface area contributed by atoms with Crippen LogP contribution in [0.5, 0.6) is 0 Å². The number of nitrogens with zero attached hydrogens (tertiary/aromatic N) is 2. The van der Waals surface area contributed by atoms with Gasteiger partial charge in [-0.3, -0.25) is 0 Å². The molecule has 0 aliphatic heterocycles. The number of pyridine rings is 1. The first-order valence-electron chi connectivity index (χ1n) is 6.65. The van der Waals surface area contributed by atoms with Gasteiger partial charge in [-0.15, -0.1) is 11.3 Å². The minimum Gasteiger partial charge on any atom is -0.248 e. The van der Waals surface area contributed by atoms with Crippen LogP contribution in [-0.2, 0) is 12.6 Å². The molecule has 2 heterocycles. The lowest BCUT2D eigenvalue weighted by Gasteiger charge is -2.06. The molecule has 0 bridgehead atoms. The molecule has 0 spiro atoms. The fraction of sp³-hybridized carbons (Fsp3) is 0.125. The molecular formula is C16H10ClF3N2S. The highest BCUT2D eigenvalue weighted by Gasteiger charge is 2.32. The Hall–Kier alpha value is -1.92. The van der Waals surface area contributed by atoms with Gasteiger partial charge in [0, 0.05) is 28.1 Å². The van der Waals surface area contributed by atoms with Crippen molar-refractivity contribution < 1.29 is 13.2 Å². The second kappa shape index (κ2) is 6.29. The second-order valence-electron chi connectivity index (χ2n) is 4.83. The Morgan fingerprint density at radius 1 is 1.04 bits per heavy atom. The highest BCUT2D eigenvalue weighted by molar-refractivity contribution is 7.10. The first-order valence-corrected chi connectivity index (χ1v) is 7.91. The smallest absolute Gasteiger partial charge is 0.248 e. The molecule has 0 radical (unpaired) electrons. The minimum atomic E-state index is -4.44. The van der Waals surface area contributed by atoms with Crippen LogP contribution < -0.4 is 0 Å². The van der Waals surface area contributed by atoms with E-state index in [2.05, 4.69) is 9.97 Å². The maximum Gasteiger partial charge on any atom is 0.433 e. The average Bonchev–Trinajstić information content (AvgIpc) is 2.95. The van der Waals surface area contributed by atoms with E-state index >= 15 is 0 Å². The first kappa shape index (κ1) is 16.0. The van der Waals surface area contributed by atoms with Crippen LogP contribution >= 0.6 is 22.9 Å². The van der Waals surface area contributed by atoms with Crippen LogP contribution in [0.25, 0.3) is 11.3 Å². The molecule has 2 aromatic heterocycles. The largest absolute Gasteiger partial charge is 0.433 e. The van der Waals surface area contributed by atoms with Crippen molar-refractivity contribution in [3.8, 4) is 11.3 Å². The number of thiazole rings is 1. The highest BCUT2D eigenvalue weighted by Crippen LogP contribution is 2.29. The van der Waals surface area contributed by atoms with E-state index in [4.69, 9.17) is 11.6 Å². The van der Waals surface area contributed by atoms with Crippen molar-refractivity contribution in [3.05, 3.63) is 69.3 Å². The zero-order chi connectivity index (χ0) is 16.4. The van der Waals surface area contributed by atoms with Gasteiger partial charge in [-0.05, 0) is 24.3 Å². The van der Waals surface area contributed by atoms with E-state index in [1.54, 1.807) is 18.2 Å². The molecule has 0 saturated carbocycles. The van der Waals surface area contributed by atoms with Crippen LogP contribution in [0.1, 0.15) is 16.4 Å².